The van der Waals surface area contributed by atoms with Gasteiger partial charge in [-0.25, -0.2) is 9.97 Å². The van der Waals surface area contributed by atoms with Crippen molar-refractivity contribution in [2.45, 2.75) is 13.0 Å². The van der Waals surface area contributed by atoms with Gasteiger partial charge in [0.05, 0.1) is 18.9 Å². The molecule has 7 heteroatoms. The second-order valence-electron chi connectivity index (χ2n) is 8.20. The summed E-state index contributed by atoms with van der Waals surface area (Å²) in [6, 6.07) is 12.7. The van der Waals surface area contributed by atoms with Crippen molar-refractivity contribution >= 4 is 33.3 Å². The van der Waals surface area contributed by atoms with Crippen LogP contribution in [0.2, 0.25) is 0 Å². The Labute approximate surface area is 190 Å². The van der Waals surface area contributed by atoms with E-state index in [2.05, 4.69) is 61.3 Å². The van der Waals surface area contributed by atoms with Crippen LogP contribution in [0.1, 0.15) is 6.42 Å². The van der Waals surface area contributed by atoms with Gasteiger partial charge in [0, 0.05) is 77.6 Å². The van der Waals surface area contributed by atoms with Crippen molar-refractivity contribution in [3.63, 3.8) is 0 Å². The Morgan fingerprint density at radius 1 is 1.00 bits per heavy atom. The summed E-state index contributed by atoms with van der Waals surface area (Å²) in [7, 11) is 0. The van der Waals surface area contributed by atoms with E-state index in [1.165, 1.54) is 16.5 Å². The van der Waals surface area contributed by atoms with E-state index in [-0.39, 0.29) is 0 Å². The molecule has 162 valence electrons. The van der Waals surface area contributed by atoms with Crippen LogP contribution in [-0.4, -0.2) is 57.3 Å². The fraction of sp³-hybridized carbons (Fsp3) is 0.280. The van der Waals surface area contributed by atoms with E-state index in [9.17, 15) is 0 Å². The predicted octanol–water partition coefficient (Wildman–Crippen LogP) is 5.03. The number of aromatic amines is 1. The van der Waals surface area contributed by atoms with Gasteiger partial charge in [-0.2, -0.15) is 0 Å². The Hall–Kier alpha value is -3.00. The van der Waals surface area contributed by atoms with E-state index in [1.54, 1.807) is 11.3 Å². The first-order chi connectivity index (χ1) is 15.9. The van der Waals surface area contributed by atoms with Gasteiger partial charge in [0.2, 0.25) is 0 Å². The molecular weight excluding hydrogens is 418 g/mol. The van der Waals surface area contributed by atoms with E-state index >= 15 is 0 Å². The molecule has 0 amide bonds. The van der Waals surface area contributed by atoms with Gasteiger partial charge in [-0.3, -0.25) is 4.90 Å². The normalized spacial score (nSPS) is 15.1. The Bertz CT molecular complexity index is 1360. The lowest BCUT2D eigenvalue weighted by Crippen LogP contribution is -2.37. The highest BCUT2D eigenvalue weighted by Crippen LogP contribution is 2.36. The van der Waals surface area contributed by atoms with Crippen molar-refractivity contribution in [3.8, 4) is 21.8 Å². The smallest absolute Gasteiger partial charge is 0.137 e. The monoisotopic (exact) mass is 443 g/mol. The number of benzene rings is 1. The summed E-state index contributed by atoms with van der Waals surface area (Å²) >= 11 is 1.70. The van der Waals surface area contributed by atoms with Gasteiger partial charge in [0.1, 0.15) is 10.7 Å². The average molecular weight is 444 g/mol. The van der Waals surface area contributed by atoms with Gasteiger partial charge in [0.25, 0.3) is 0 Å². The summed E-state index contributed by atoms with van der Waals surface area (Å²) in [6.45, 7) is 5.92. The average Bonchev–Trinajstić information content (AvgIpc) is 3.57. The van der Waals surface area contributed by atoms with Crippen LogP contribution in [0.4, 0.5) is 0 Å². The Kier molecular flexibility index (Phi) is 5.23. The minimum atomic E-state index is 0.857. The van der Waals surface area contributed by atoms with Crippen molar-refractivity contribution in [2.24, 2.45) is 0 Å². The van der Waals surface area contributed by atoms with Crippen LogP contribution in [0.5, 0.6) is 0 Å². The number of thiazole rings is 1. The lowest BCUT2D eigenvalue weighted by atomic mass is 10.1. The molecule has 0 radical (unpaired) electrons. The molecule has 0 bridgehead atoms. The zero-order valence-corrected chi connectivity index (χ0v) is 18.6. The quantitative estimate of drug-likeness (QED) is 0.400. The van der Waals surface area contributed by atoms with Crippen LogP contribution in [0.3, 0.4) is 0 Å². The third-order valence-corrected chi connectivity index (χ3v) is 7.10. The van der Waals surface area contributed by atoms with Crippen LogP contribution in [0.15, 0.2) is 60.4 Å². The van der Waals surface area contributed by atoms with Crippen LogP contribution >= 0.6 is 11.3 Å². The fourth-order valence-corrected chi connectivity index (χ4v) is 5.42. The molecule has 1 N–H and O–H groups in total. The maximum atomic E-state index is 5.47. The number of aryl methyl sites for hydroxylation is 1. The molecule has 32 heavy (non-hydrogen) atoms. The standard InChI is InChI=1S/C25H25N5OS/c1-2-7-23-18(5-1)21(16-30(23)10-4-9-29-11-13-31-14-12-29)25-28-22(17-32-25)20-15-27-24-19(20)6-3-8-26-24/h1-3,5-8,15-17H,4,9-14H2,(H,26,27). The van der Waals surface area contributed by atoms with Gasteiger partial charge in [-0.1, -0.05) is 18.2 Å². The summed E-state index contributed by atoms with van der Waals surface area (Å²) in [5.74, 6) is 0. The van der Waals surface area contributed by atoms with Crippen LogP contribution in [0.25, 0.3) is 43.8 Å². The number of nitrogens with zero attached hydrogens (tertiary/aromatic N) is 4. The van der Waals surface area contributed by atoms with Crippen molar-refractivity contribution in [2.75, 3.05) is 32.8 Å². The molecule has 5 aromatic rings. The SMILES string of the molecule is c1cnc2[nH]cc(-c3csc(-c4cn(CCCN5CCOCC5)c5ccccc45)n3)c2c1. The highest BCUT2D eigenvalue weighted by Gasteiger charge is 2.16. The van der Waals surface area contributed by atoms with Crippen molar-refractivity contribution in [1.82, 2.24) is 24.4 Å². The number of morpholine rings is 1. The van der Waals surface area contributed by atoms with Crippen LogP contribution in [-0.2, 0) is 11.3 Å². The number of H-pyrrole nitrogens is 1. The van der Waals surface area contributed by atoms with Crippen LogP contribution < -0.4 is 0 Å². The second kappa shape index (κ2) is 8.50. The number of aromatic nitrogens is 4. The number of rotatable bonds is 6. The highest BCUT2D eigenvalue weighted by atomic mass is 32.1. The molecule has 6 nitrogen and oxygen atoms in total. The highest BCUT2D eigenvalue weighted by molar-refractivity contribution is 7.13. The molecule has 1 fully saturated rings. The molecule has 5 heterocycles. The maximum Gasteiger partial charge on any atom is 0.137 e. The molecule has 1 aliphatic heterocycles. The maximum absolute atomic E-state index is 5.47. The minimum Gasteiger partial charge on any atom is -0.379 e. The number of pyridine rings is 1. The predicted molar refractivity (Wildman–Crippen MR) is 130 cm³/mol. The zero-order chi connectivity index (χ0) is 21.3. The zero-order valence-electron chi connectivity index (χ0n) is 17.8. The summed E-state index contributed by atoms with van der Waals surface area (Å²) in [4.78, 5) is 15.2. The van der Waals surface area contributed by atoms with Crippen LogP contribution in [0, 0.1) is 0 Å². The third kappa shape index (κ3) is 3.62. The molecule has 6 rings (SSSR count). The number of para-hydroxylation sites is 1. The van der Waals surface area contributed by atoms with E-state index in [0.717, 1.165) is 73.1 Å². The molecule has 0 spiro atoms. The molecule has 0 saturated carbocycles. The summed E-state index contributed by atoms with van der Waals surface area (Å²) in [6.07, 6.45) is 7.22. The van der Waals surface area contributed by atoms with Gasteiger partial charge in [-0.15, -0.1) is 11.3 Å². The minimum absolute atomic E-state index is 0.857. The number of nitrogens with one attached hydrogen (secondary N) is 1. The molecule has 1 aliphatic rings. The number of hydrogen-bond donors (Lipinski definition) is 1. The van der Waals surface area contributed by atoms with E-state index < -0.39 is 0 Å². The number of ether oxygens (including phenoxy) is 1. The lowest BCUT2D eigenvalue weighted by Gasteiger charge is -2.26. The number of fused-ring (bicyclic) bond motifs is 2. The first-order valence-electron chi connectivity index (χ1n) is 11.1. The first-order valence-corrected chi connectivity index (χ1v) is 12.0. The van der Waals surface area contributed by atoms with Gasteiger partial charge in [0.15, 0.2) is 0 Å². The van der Waals surface area contributed by atoms with E-state index in [0.29, 0.717) is 0 Å². The Balaban J connectivity index is 1.29. The molecule has 0 unspecified atom stereocenters. The fourth-order valence-electron chi connectivity index (χ4n) is 4.58. The van der Waals surface area contributed by atoms with E-state index in [4.69, 9.17) is 9.72 Å². The Morgan fingerprint density at radius 3 is 2.81 bits per heavy atom. The summed E-state index contributed by atoms with van der Waals surface area (Å²) in [5.41, 5.74) is 5.48. The van der Waals surface area contributed by atoms with Gasteiger partial charge >= 0.3 is 0 Å². The third-order valence-electron chi connectivity index (χ3n) is 6.23. The van der Waals surface area contributed by atoms with Crippen molar-refractivity contribution in [1.29, 1.82) is 0 Å². The first kappa shape index (κ1) is 19.7. The molecule has 1 saturated heterocycles. The van der Waals surface area contributed by atoms with Crippen molar-refractivity contribution in [3.05, 3.63) is 60.4 Å². The van der Waals surface area contributed by atoms with Gasteiger partial charge < -0.3 is 14.3 Å². The van der Waals surface area contributed by atoms with Gasteiger partial charge in [-0.05, 0) is 24.6 Å². The topological polar surface area (TPSA) is 59.0 Å². The van der Waals surface area contributed by atoms with E-state index in [1.807, 2.05) is 18.5 Å². The summed E-state index contributed by atoms with van der Waals surface area (Å²) < 4.78 is 7.86. The molecule has 0 aliphatic carbocycles. The Morgan fingerprint density at radius 2 is 1.88 bits per heavy atom. The van der Waals surface area contributed by atoms with Crippen molar-refractivity contribution < 1.29 is 4.74 Å². The number of hydrogen-bond acceptors (Lipinski definition) is 5. The largest absolute Gasteiger partial charge is 0.379 e. The summed E-state index contributed by atoms with van der Waals surface area (Å²) in [5, 5.41) is 5.58. The molecule has 0 atom stereocenters. The second-order valence-corrected chi connectivity index (χ2v) is 9.06. The molecule has 4 aromatic heterocycles. The molecule has 1 aromatic carbocycles. The molecular formula is C25H25N5OS. The lowest BCUT2D eigenvalue weighted by molar-refractivity contribution is 0.0370.